The number of aromatic nitrogens is 1. The van der Waals surface area contributed by atoms with Gasteiger partial charge in [-0.25, -0.2) is 9.88 Å². The van der Waals surface area contributed by atoms with Gasteiger partial charge in [-0.15, -0.1) is 0 Å². The van der Waals surface area contributed by atoms with E-state index < -0.39 is 4.92 Å². The van der Waals surface area contributed by atoms with Gasteiger partial charge in [-0.3, -0.25) is 10.1 Å². The van der Waals surface area contributed by atoms with Crippen LogP contribution in [0.15, 0.2) is 53.9 Å². The van der Waals surface area contributed by atoms with Gasteiger partial charge in [0.2, 0.25) is 0 Å². The molecule has 1 aromatic heterocycles. The standard InChI is InChI=1S/C18H17N3O3S.BrH/c1-3-20-17(13-7-9-16(24-2)10-8-13)12-25-18(20)19-14-5-4-6-15(11-14)21(22)23;/h4-12H,3H2,1-2H3;1H. The number of nitro groups is 1. The summed E-state index contributed by atoms with van der Waals surface area (Å²) in [4.78, 5) is 10.5. The predicted molar refractivity (Wildman–Crippen MR) is 98.6 cm³/mol. The molecule has 0 radical (unpaired) electrons. The Labute approximate surface area is 166 Å². The lowest BCUT2D eigenvalue weighted by Gasteiger charge is -2.05. The SMILES string of the molecule is CC[n+]1c(-c2ccc(OC)cc2)csc1Nc1cccc([N+](=O)[O-])c1.[Br-]. The first kappa shape index (κ1) is 19.9. The van der Waals surface area contributed by atoms with Crippen LogP contribution in [0.5, 0.6) is 5.75 Å². The van der Waals surface area contributed by atoms with Crippen LogP contribution in [0.25, 0.3) is 11.3 Å². The van der Waals surface area contributed by atoms with E-state index in [-0.39, 0.29) is 22.7 Å². The van der Waals surface area contributed by atoms with Gasteiger partial charge in [-0.2, -0.15) is 0 Å². The van der Waals surface area contributed by atoms with Crippen molar-refractivity contribution >= 4 is 27.8 Å². The average Bonchev–Trinajstić information content (AvgIpc) is 3.04. The minimum Gasteiger partial charge on any atom is -1.00 e. The summed E-state index contributed by atoms with van der Waals surface area (Å²) < 4.78 is 7.35. The Morgan fingerprint density at radius 2 is 1.96 bits per heavy atom. The molecule has 2 aromatic carbocycles. The quantitative estimate of drug-likeness (QED) is 0.360. The fourth-order valence-electron chi connectivity index (χ4n) is 2.57. The first-order valence-corrected chi connectivity index (χ1v) is 8.67. The van der Waals surface area contributed by atoms with Crippen molar-refractivity contribution in [2.45, 2.75) is 13.5 Å². The summed E-state index contributed by atoms with van der Waals surface area (Å²) in [5, 5.41) is 17.2. The van der Waals surface area contributed by atoms with Crippen LogP contribution in [0, 0.1) is 10.1 Å². The van der Waals surface area contributed by atoms with Crippen LogP contribution in [0.3, 0.4) is 0 Å². The van der Waals surface area contributed by atoms with Crippen LogP contribution in [0.1, 0.15) is 6.92 Å². The van der Waals surface area contributed by atoms with Crippen LogP contribution in [-0.2, 0) is 6.54 Å². The van der Waals surface area contributed by atoms with Gasteiger partial charge in [0.25, 0.3) is 5.69 Å². The Hall–Kier alpha value is -2.45. The summed E-state index contributed by atoms with van der Waals surface area (Å²) in [7, 11) is 1.65. The van der Waals surface area contributed by atoms with Gasteiger partial charge < -0.3 is 21.7 Å². The molecule has 136 valence electrons. The number of nitrogens with one attached hydrogen (secondary N) is 1. The van der Waals surface area contributed by atoms with Crippen molar-refractivity contribution in [2.24, 2.45) is 0 Å². The molecule has 26 heavy (non-hydrogen) atoms. The highest BCUT2D eigenvalue weighted by Gasteiger charge is 2.19. The number of rotatable bonds is 6. The number of methoxy groups -OCH3 is 1. The number of hydrogen-bond donors (Lipinski definition) is 1. The van der Waals surface area contributed by atoms with Gasteiger partial charge in [0.05, 0.1) is 24.6 Å². The zero-order chi connectivity index (χ0) is 17.8. The first-order valence-electron chi connectivity index (χ1n) is 7.79. The van der Waals surface area contributed by atoms with Gasteiger partial charge in [-0.1, -0.05) is 17.4 Å². The second-order valence-electron chi connectivity index (χ2n) is 5.33. The van der Waals surface area contributed by atoms with E-state index in [1.165, 1.54) is 12.1 Å². The van der Waals surface area contributed by atoms with Crippen molar-refractivity contribution in [2.75, 3.05) is 12.4 Å². The Morgan fingerprint density at radius 1 is 1.23 bits per heavy atom. The Morgan fingerprint density at radius 3 is 2.58 bits per heavy atom. The van der Waals surface area contributed by atoms with Gasteiger partial charge in [-0.05, 0) is 37.3 Å². The highest BCUT2D eigenvalue weighted by atomic mass is 79.9. The molecule has 1 N–H and O–H groups in total. The number of non-ortho nitro benzene ring substituents is 1. The number of nitrogens with zero attached hydrogens (tertiary/aromatic N) is 2. The number of hydrogen-bond acceptors (Lipinski definition) is 5. The Balaban J connectivity index is 0.00000243. The van der Waals surface area contributed by atoms with E-state index >= 15 is 0 Å². The lowest BCUT2D eigenvalue weighted by Crippen LogP contribution is -3.00. The smallest absolute Gasteiger partial charge is 0.339 e. The molecule has 0 spiro atoms. The van der Waals surface area contributed by atoms with Crippen molar-refractivity contribution in [1.29, 1.82) is 0 Å². The molecule has 0 bridgehead atoms. The molecule has 0 saturated heterocycles. The molecule has 0 fully saturated rings. The molecule has 0 saturated carbocycles. The van der Waals surface area contributed by atoms with Crippen molar-refractivity contribution in [3.05, 3.63) is 64.0 Å². The van der Waals surface area contributed by atoms with Crippen LogP contribution in [0.2, 0.25) is 0 Å². The molecule has 8 heteroatoms. The molecule has 3 rings (SSSR count). The molecule has 0 aliphatic heterocycles. The zero-order valence-corrected chi connectivity index (χ0v) is 16.7. The minimum atomic E-state index is -0.393. The largest absolute Gasteiger partial charge is 1.00 e. The van der Waals surface area contributed by atoms with E-state index in [1.807, 2.05) is 30.3 Å². The summed E-state index contributed by atoms with van der Waals surface area (Å²) in [6.07, 6.45) is 0. The summed E-state index contributed by atoms with van der Waals surface area (Å²) in [5.74, 6) is 0.817. The molecule has 0 unspecified atom stereocenters. The third-order valence-electron chi connectivity index (χ3n) is 3.83. The van der Waals surface area contributed by atoms with E-state index in [2.05, 4.69) is 22.2 Å². The first-order chi connectivity index (χ1) is 12.1. The van der Waals surface area contributed by atoms with Crippen molar-refractivity contribution in [3.8, 4) is 17.0 Å². The number of halogens is 1. The van der Waals surface area contributed by atoms with Gasteiger partial charge in [0.15, 0.2) is 0 Å². The minimum absolute atomic E-state index is 0. The molecule has 0 aliphatic carbocycles. The lowest BCUT2D eigenvalue weighted by molar-refractivity contribution is -0.664. The third kappa shape index (κ3) is 4.20. The van der Waals surface area contributed by atoms with Gasteiger partial charge in [0.1, 0.15) is 17.1 Å². The summed E-state index contributed by atoms with van der Waals surface area (Å²) in [5.41, 5.74) is 2.94. The number of benzene rings is 2. The number of ether oxygens (including phenoxy) is 1. The third-order valence-corrected chi connectivity index (χ3v) is 4.72. The molecule has 0 aliphatic rings. The highest BCUT2D eigenvalue weighted by Crippen LogP contribution is 2.28. The molecule has 6 nitrogen and oxygen atoms in total. The fraction of sp³-hybridized carbons (Fsp3) is 0.167. The molecular weight excluding hydrogens is 418 g/mol. The second-order valence-corrected chi connectivity index (χ2v) is 6.19. The summed E-state index contributed by atoms with van der Waals surface area (Å²) in [6.45, 7) is 2.85. The molecule has 0 atom stereocenters. The van der Waals surface area contributed by atoms with Gasteiger partial charge >= 0.3 is 5.13 Å². The normalized spacial score (nSPS) is 10.1. The summed E-state index contributed by atoms with van der Waals surface area (Å²) >= 11 is 1.57. The van der Waals surface area contributed by atoms with E-state index in [1.54, 1.807) is 24.5 Å². The van der Waals surface area contributed by atoms with Crippen LogP contribution in [0.4, 0.5) is 16.5 Å². The van der Waals surface area contributed by atoms with Crippen LogP contribution >= 0.6 is 11.3 Å². The summed E-state index contributed by atoms with van der Waals surface area (Å²) in [6, 6.07) is 14.4. The van der Waals surface area contributed by atoms with Gasteiger partial charge in [0, 0.05) is 17.0 Å². The van der Waals surface area contributed by atoms with Crippen molar-refractivity contribution in [1.82, 2.24) is 0 Å². The Kier molecular flexibility index (Phi) is 6.70. The number of nitro benzene ring substituents is 1. The lowest BCUT2D eigenvalue weighted by atomic mass is 10.1. The topological polar surface area (TPSA) is 68.3 Å². The van der Waals surface area contributed by atoms with E-state index in [0.717, 1.165) is 28.7 Å². The number of thiazole rings is 1. The van der Waals surface area contributed by atoms with E-state index in [9.17, 15) is 10.1 Å². The average molecular weight is 436 g/mol. The maximum absolute atomic E-state index is 10.9. The fourth-order valence-corrected chi connectivity index (χ4v) is 3.58. The van der Waals surface area contributed by atoms with Crippen LogP contribution in [-0.4, -0.2) is 12.0 Å². The van der Waals surface area contributed by atoms with Crippen LogP contribution < -0.4 is 31.6 Å². The van der Waals surface area contributed by atoms with E-state index in [4.69, 9.17) is 4.74 Å². The monoisotopic (exact) mass is 435 g/mol. The maximum atomic E-state index is 10.9. The molecule has 1 heterocycles. The highest BCUT2D eigenvalue weighted by molar-refractivity contribution is 7.13. The Bertz CT molecular complexity index is 897. The molecular formula is C18H18BrN3O3S. The van der Waals surface area contributed by atoms with E-state index in [0.29, 0.717) is 5.69 Å². The zero-order valence-electron chi connectivity index (χ0n) is 14.3. The van der Waals surface area contributed by atoms with Crippen molar-refractivity contribution in [3.63, 3.8) is 0 Å². The maximum Gasteiger partial charge on any atom is 0.339 e. The molecule has 0 amide bonds. The number of anilines is 2. The second kappa shape index (κ2) is 8.77. The van der Waals surface area contributed by atoms with Crippen molar-refractivity contribution < 1.29 is 31.2 Å². The predicted octanol–water partition coefficient (Wildman–Crippen LogP) is 1.39. The molecule has 3 aromatic rings.